The van der Waals surface area contributed by atoms with E-state index in [9.17, 15) is 78.1 Å². The number of allylic oxidation sites excluding steroid dienone is 1. The van der Waals surface area contributed by atoms with Crippen LogP contribution in [0.15, 0.2) is 96.3 Å². The molecule has 0 fully saturated rings. The fraction of sp³-hybridized carbons (Fsp3) is 0.0645. The topological polar surface area (TPSA) is 434 Å². The maximum atomic E-state index is 14.1. The van der Waals surface area contributed by atoms with Crippen LogP contribution in [0.1, 0.15) is 15.9 Å². The molecule has 0 saturated heterocycles. The molecule has 0 atom stereocenters. The van der Waals surface area contributed by atoms with Gasteiger partial charge in [0, 0.05) is 16.5 Å². The average Bonchev–Trinajstić information content (AvgIpc) is 3.14. The summed E-state index contributed by atoms with van der Waals surface area (Å²) in [5, 5.41) is 6.90. The van der Waals surface area contributed by atoms with Crippen LogP contribution in [0, 0.1) is 0 Å². The number of aromatic nitrogens is 3. The molecule has 0 amide bonds. The van der Waals surface area contributed by atoms with Crippen LogP contribution in [0.25, 0.3) is 16.8 Å². The van der Waals surface area contributed by atoms with Crippen LogP contribution < -0.4 is 164 Å². The second-order valence-corrected chi connectivity index (χ2v) is 21.4. The molecule has 340 valence electrons. The molecule has 0 spiro atoms. The number of hydrazone groups is 1. The van der Waals surface area contributed by atoms with Crippen molar-refractivity contribution in [2.45, 2.75) is 19.6 Å². The Hall–Kier alpha value is -0.620. The summed E-state index contributed by atoms with van der Waals surface area (Å²) in [4.78, 5) is 20.7. The van der Waals surface area contributed by atoms with Gasteiger partial charge in [-0.3, -0.25) is 14.4 Å². The molecule has 6 rings (SSSR count). The Balaban J connectivity index is 0.00000476. The Morgan fingerprint density at radius 1 is 0.623 bits per heavy atom. The minimum atomic E-state index is -5.77. The van der Waals surface area contributed by atoms with Gasteiger partial charge >= 0.3 is 148 Å². The molecular formula is C31H19ClN7Na5O19S6. The minimum Gasteiger partial charge on any atom is -0.744 e. The Morgan fingerprint density at radius 3 is 1.75 bits per heavy atom. The van der Waals surface area contributed by atoms with Crippen molar-refractivity contribution in [2.24, 2.45) is 5.10 Å². The van der Waals surface area contributed by atoms with Crippen LogP contribution in [-0.2, 0) is 64.9 Å². The SMILES string of the molecule is O=C1/C(=N/Nc2ccc3c(S(=O)(=O)[O-])cccc3c2S(=O)(=O)[O-])C(S(=O)(=O)[O-])=Cc2cc(S(=O)(=O)[O-])cc(Nc3nc(Cl)nc(Nc4ccc(S(=O)(=O)CCOS(=O)(=O)[O-])cc4)n3)c21.[Na+].[Na+].[Na+].[Na+].[Na+]. The maximum Gasteiger partial charge on any atom is 1.00 e. The number of nitrogens with zero attached hydrogens (tertiary/aromatic N) is 4. The average molecular weight is 1140 g/mol. The normalized spacial score (nSPS) is 13.5. The first kappa shape index (κ1) is 66.4. The number of anilines is 5. The van der Waals surface area contributed by atoms with E-state index in [0.29, 0.717) is 18.2 Å². The number of rotatable bonds is 15. The summed E-state index contributed by atoms with van der Waals surface area (Å²) >= 11 is 6.07. The summed E-state index contributed by atoms with van der Waals surface area (Å²) in [6.45, 7) is -0.962. The molecule has 3 N–H and O–H groups in total. The van der Waals surface area contributed by atoms with E-state index in [1.807, 2.05) is 5.43 Å². The number of benzene rings is 4. The summed E-state index contributed by atoms with van der Waals surface area (Å²) < 4.78 is 208. The Bertz CT molecular complexity index is 3600. The third kappa shape index (κ3) is 16.7. The molecule has 1 aliphatic rings. The van der Waals surface area contributed by atoms with Crippen LogP contribution >= 0.6 is 11.6 Å². The van der Waals surface area contributed by atoms with Gasteiger partial charge in [0.25, 0.3) is 0 Å². The maximum absolute atomic E-state index is 14.1. The molecular weight excluding hydrogens is 1120 g/mol. The zero-order valence-electron chi connectivity index (χ0n) is 35.7. The fourth-order valence-corrected chi connectivity index (χ4v) is 10.1. The monoisotopic (exact) mass is 1130 g/mol. The summed E-state index contributed by atoms with van der Waals surface area (Å²) in [6.07, 6.45) is 0.437. The van der Waals surface area contributed by atoms with E-state index in [0.717, 1.165) is 42.5 Å². The predicted octanol–water partition coefficient (Wildman–Crippen LogP) is -14.3. The zero-order chi connectivity index (χ0) is 47.4. The van der Waals surface area contributed by atoms with E-state index in [1.165, 1.54) is 12.1 Å². The quantitative estimate of drug-likeness (QED) is 0.0379. The standard InChI is InChI=1S/C31H24ClN7O19S6.5Na/c32-29-35-30(33-16-4-6-17(7-5-16)59(41,42)11-10-58-64(55,56)57)37-31(36-29)34-22-14-18(60(43,44)45)12-15-13-24(62(49,50)51)26(27(40)25(15)22)39-38-21-9-8-19-20(28(21)63(52,53)54)2-1-3-23(19)61(46,47)48;;;;;/h1-9,12-14,38H,10-11H2,(H,43,44,45)(H,46,47,48)(H,49,50,51)(H,52,53,54)(H,55,56,57)(H2,33,34,35,36,37);;;;;/q;5*+1/p-5/b39-26+;;;;;. The first-order valence-corrected chi connectivity index (χ1v) is 25.5. The van der Waals surface area contributed by atoms with Crippen LogP contribution in [0.2, 0.25) is 5.28 Å². The Morgan fingerprint density at radius 2 is 1.22 bits per heavy atom. The predicted molar refractivity (Wildman–Crippen MR) is 213 cm³/mol. The van der Waals surface area contributed by atoms with E-state index in [2.05, 4.69) is 34.9 Å². The number of carbonyl (C=O) groups excluding carboxylic acids is 1. The van der Waals surface area contributed by atoms with Gasteiger partial charge in [-0.2, -0.15) is 20.1 Å². The van der Waals surface area contributed by atoms with Crippen molar-refractivity contribution in [1.29, 1.82) is 0 Å². The third-order valence-electron chi connectivity index (χ3n) is 8.35. The van der Waals surface area contributed by atoms with Crippen molar-refractivity contribution >= 4 is 130 Å². The van der Waals surface area contributed by atoms with Crippen molar-refractivity contribution in [3.8, 4) is 0 Å². The van der Waals surface area contributed by atoms with Gasteiger partial charge in [-0.05, 0) is 71.8 Å². The van der Waals surface area contributed by atoms with Gasteiger partial charge < -0.3 is 33.4 Å². The largest absolute Gasteiger partial charge is 1.00 e. The van der Waals surface area contributed by atoms with Crippen LogP contribution in [0.3, 0.4) is 0 Å². The summed E-state index contributed by atoms with van der Waals surface area (Å²) in [5.74, 6) is -3.44. The molecule has 1 heterocycles. The molecule has 1 aromatic heterocycles. The van der Waals surface area contributed by atoms with E-state index in [1.54, 1.807) is 0 Å². The molecule has 38 heteroatoms. The number of halogens is 1. The number of fused-ring (bicyclic) bond motifs is 2. The molecule has 5 aromatic rings. The molecule has 0 radical (unpaired) electrons. The van der Waals surface area contributed by atoms with Crippen LogP contribution in [-0.4, -0.2) is 112 Å². The van der Waals surface area contributed by atoms with Gasteiger partial charge in [0.05, 0.1) is 53.8 Å². The zero-order valence-corrected chi connectivity index (χ0v) is 51.4. The van der Waals surface area contributed by atoms with Crippen molar-refractivity contribution in [3.05, 3.63) is 88.0 Å². The summed E-state index contributed by atoms with van der Waals surface area (Å²) in [6, 6.07) is 9.90. The minimum absolute atomic E-state index is 0. The number of nitrogens with one attached hydrogen (secondary N) is 3. The number of sulfone groups is 1. The molecule has 0 saturated carbocycles. The van der Waals surface area contributed by atoms with Crippen LogP contribution in [0.5, 0.6) is 0 Å². The van der Waals surface area contributed by atoms with Gasteiger partial charge in [-0.1, -0.05) is 18.2 Å². The molecule has 0 bridgehead atoms. The van der Waals surface area contributed by atoms with Gasteiger partial charge in [0.1, 0.15) is 46.2 Å². The Kier molecular flexibility index (Phi) is 24.3. The van der Waals surface area contributed by atoms with Gasteiger partial charge in [0.2, 0.25) is 33.4 Å². The molecule has 1 aliphatic carbocycles. The van der Waals surface area contributed by atoms with Crippen molar-refractivity contribution in [3.63, 3.8) is 0 Å². The van der Waals surface area contributed by atoms with E-state index in [4.69, 9.17) is 11.6 Å². The Labute approximate surface area is 508 Å². The smallest absolute Gasteiger partial charge is 0.744 e. The molecule has 69 heavy (non-hydrogen) atoms. The van der Waals surface area contributed by atoms with Crippen molar-refractivity contribution < 1.29 is 230 Å². The van der Waals surface area contributed by atoms with Gasteiger partial charge in [0.15, 0.2) is 9.84 Å². The number of ketones is 1. The summed E-state index contributed by atoms with van der Waals surface area (Å²) in [5.41, 5.74) is -2.14. The van der Waals surface area contributed by atoms with E-state index in [-0.39, 0.29) is 158 Å². The van der Waals surface area contributed by atoms with Crippen molar-refractivity contribution in [2.75, 3.05) is 28.4 Å². The second kappa shape index (κ2) is 25.3. The van der Waals surface area contributed by atoms with E-state index >= 15 is 0 Å². The first-order chi connectivity index (χ1) is 29.4. The molecule has 0 unspecified atom stereocenters. The third-order valence-corrected chi connectivity index (χ3v) is 14.2. The summed E-state index contributed by atoms with van der Waals surface area (Å²) in [7, 11) is -31.4. The molecule has 26 nitrogen and oxygen atoms in total. The number of hydrogen-bond donors (Lipinski definition) is 3. The van der Waals surface area contributed by atoms with Gasteiger partial charge in [-0.15, -0.1) is 0 Å². The van der Waals surface area contributed by atoms with Crippen molar-refractivity contribution in [1.82, 2.24) is 15.0 Å². The van der Waals surface area contributed by atoms with Gasteiger partial charge in [-0.25, -0.2) is 50.5 Å². The number of Topliss-reactive ketones (excluding diaryl/α,β-unsaturated/α-hetero) is 1. The number of hydrogen-bond acceptors (Lipinski definition) is 26. The fourth-order valence-electron chi connectivity index (χ4n) is 5.80. The number of carbonyl (C=O) groups is 1. The second-order valence-electron chi connectivity index (χ2n) is 12.5. The molecule has 0 aliphatic heterocycles. The van der Waals surface area contributed by atoms with E-state index < -0.39 is 155 Å². The molecule has 4 aromatic carbocycles. The van der Waals surface area contributed by atoms with Crippen LogP contribution in [0.4, 0.5) is 29.0 Å². The first-order valence-electron chi connectivity index (χ1n) is 16.5.